The Morgan fingerprint density at radius 1 is 1.18 bits per heavy atom. The van der Waals surface area contributed by atoms with Gasteiger partial charge in [0.2, 0.25) is 0 Å². The zero-order valence-electron chi connectivity index (χ0n) is 9.80. The summed E-state index contributed by atoms with van der Waals surface area (Å²) in [5, 5.41) is 12.9. The maximum Gasteiger partial charge on any atom is 0.416 e. The summed E-state index contributed by atoms with van der Waals surface area (Å²) < 4.78 is 38.3. The zero-order valence-corrected chi connectivity index (χ0v) is 9.80. The number of rotatable bonds is 4. The van der Waals surface area contributed by atoms with E-state index in [1.165, 1.54) is 25.1 Å². The molecular formula is C12H16F3NO. The predicted octanol–water partition coefficient (Wildman–Crippen LogP) is 2.52. The highest BCUT2D eigenvalue weighted by atomic mass is 19.4. The number of nitrogens with one attached hydrogen (secondary N) is 1. The van der Waals surface area contributed by atoms with Crippen molar-refractivity contribution < 1.29 is 18.3 Å². The molecule has 0 heterocycles. The monoisotopic (exact) mass is 247 g/mol. The van der Waals surface area contributed by atoms with Crippen LogP contribution < -0.4 is 5.32 Å². The van der Waals surface area contributed by atoms with Crippen LogP contribution in [-0.4, -0.2) is 18.2 Å². The lowest BCUT2D eigenvalue weighted by Crippen LogP contribution is -2.37. The molecule has 0 aliphatic rings. The summed E-state index contributed by atoms with van der Waals surface area (Å²) >= 11 is 0. The van der Waals surface area contributed by atoms with Crippen LogP contribution in [0.4, 0.5) is 13.2 Å². The van der Waals surface area contributed by atoms with Crippen LogP contribution in [-0.2, 0) is 11.8 Å². The predicted molar refractivity (Wildman–Crippen MR) is 59.6 cm³/mol. The van der Waals surface area contributed by atoms with Crippen LogP contribution in [0, 0.1) is 0 Å². The maximum absolute atomic E-state index is 12.8. The van der Waals surface area contributed by atoms with Gasteiger partial charge in [0.05, 0.1) is 11.2 Å². The molecule has 0 radical (unpaired) electrons. The third-order valence-corrected chi connectivity index (χ3v) is 2.53. The van der Waals surface area contributed by atoms with E-state index >= 15 is 0 Å². The Kier molecular flexibility index (Phi) is 4.16. The molecule has 5 heteroatoms. The molecule has 0 aromatic heterocycles. The fourth-order valence-electron chi connectivity index (χ4n) is 1.66. The largest absolute Gasteiger partial charge is 0.416 e. The van der Waals surface area contributed by atoms with Crippen molar-refractivity contribution in [1.29, 1.82) is 0 Å². The van der Waals surface area contributed by atoms with Crippen molar-refractivity contribution in [3.8, 4) is 0 Å². The van der Waals surface area contributed by atoms with Gasteiger partial charge in [-0.15, -0.1) is 0 Å². The van der Waals surface area contributed by atoms with Crippen LogP contribution in [0.15, 0.2) is 24.3 Å². The minimum Gasteiger partial charge on any atom is -0.384 e. The van der Waals surface area contributed by atoms with Gasteiger partial charge in [0.1, 0.15) is 0 Å². The van der Waals surface area contributed by atoms with E-state index in [1.807, 2.05) is 6.92 Å². The third kappa shape index (κ3) is 3.44. The van der Waals surface area contributed by atoms with Crippen molar-refractivity contribution in [3.05, 3.63) is 35.4 Å². The lowest BCUT2D eigenvalue weighted by Gasteiger charge is -2.27. The lowest BCUT2D eigenvalue weighted by molar-refractivity contribution is -0.140. The number of alkyl halides is 3. The first kappa shape index (κ1) is 14.0. The third-order valence-electron chi connectivity index (χ3n) is 2.53. The average Bonchev–Trinajstić information content (AvgIpc) is 2.25. The van der Waals surface area contributed by atoms with E-state index < -0.39 is 17.3 Å². The summed E-state index contributed by atoms with van der Waals surface area (Å²) in [4.78, 5) is 0. The normalized spacial score (nSPS) is 15.6. The second kappa shape index (κ2) is 5.06. The fourth-order valence-corrected chi connectivity index (χ4v) is 1.66. The van der Waals surface area contributed by atoms with Crippen molar-refractivity contribution in [3.63, 3.8) is 0 Å². The van der Waals surface area contributed by atoms with E-state index in [1.54, 1.807) is 0 Å². The Morgan fingerprint density at radius 3 is 2.18 bits per heavy atom. The minimum atomic E-state index is -4.45. The summed E-state index contributed by atoms with van der Waals surface area (Å²) in [6, 6.07) is 5.09. The highest BCUT2D eigenvalue weighted by molar-refractivity contribution is 5.34. The van der Waals surface area contributed by atoms with Crippen LogP contribution >= 0.6 is 0 Å². The molecule has 0 amide bonds. The molecule has 1 unspecified atom stereocenters. The average molecular weight is 247 g/mol. The van der Waals surface area contributed by atoms with Crippen molar-refractivity contribution in [2.24, 2.45) is 0 Å². The number of hydrogen-bond acceptors (Lipinski definition) is 2. The molecule has 2 N–H and O–H groups in total. The number of likely N-dealkylation sites (N-methyl/N-ethyl adjacent to an activating group) is 1. The van der Waals surface area contributed by atoms with Gasteiger partial charge in [0.15, 0.2) is 0 Å². The van der Waals surface area contributed by atoms with Crippen molar-refractivity contribution in [2.75, 3.05) is 13.1 Å². The molecule has 0 saturated carbocycles. The molecule has 96 valence electrons. The Balaban J connectivity index is 3.13. The van der Waals surface area contributed by atoms with Gasteiger partial charge in [-0.2, -0.15) is 13.2 Å². The highest BCUT2D eigenvalue weighted by Gasteiger charge is 2.38. The second-order valence-electron chi connectivity index (χ2n) is 4.10. The molecule has 0 aliphatic carbocycles. The Bertz CT molecular complexity index is 374. The quantitative estimate of drug-likeness (QED) is 0.857. The van der Waals surface area contributed by atoms with Gasteiger partial charge in [-0.05, 0) is 25.1 Å². The van der Waals surface area contributed by atoms with Gasteiger partial charge in [-0.1, -0.05) is 25.1 Å². The Morgan fingerprint density at radius 2 is 1.71 bits per heavy atom. The van der Waals surface area contributed by atoms with E-state index in [2.05, 4.69) is 5.32 Å². The van der Waals surface area contributed by atoms with Crippen LogP contribution in [0.25, 0.3) is 0 Å². The van der Waals surface area contributed by atoms with Gasteiger partial charge in [-0.25, -0.2) is 0 Å². The van der Waals surface area contributed by atoms with E-state index in [9.17, 15) is 18.3 Å². The lowest BCUT2D eigenvalue weighted by atomic mass is 9.91. The number of benzene rings is 1. The van der Waals surface area contributed by atoms with Gasteiger partial charge >= 0.3 is 6.18 Å². The van der Waals surface area contributed by atoms with E-state index in [4.69, 9.17) is 0 Å². The van der Waals surface area contributed by atoms with E-state index in [0.29, 0.717) is 6.54 Å². The van der Waals surface area contributed by atoms with Gasteiger partial charge in [-0.3, -0.25) is 0 Å². The topological polar surface area (TPSA) is 32.3 Å². The first-order valence-electron chi connectivity index (χ1n) is 5.39. The smallest absolute Gasteiger partial charge is 0.384 e. The first-order valence-corrected chi connectivity index (χ1v) is 5.39. The molecule has 0 fully saturated rings. The summed E-state index contributed by atoms with van der Waals surface area (Å²) in [5.41, 5.74) is -2.43. The molecule has 1 rings (SSSR count). The Hall–Kier alpha value is -1.07. The summed E-state index contributed by atoms with van der Waals surface area (Å²) in [6.07, 6.45) is -4.45. The van der Waals surface area contributed by atoms with Crippen molar-refractivity contribution in [2.45, 2.75) is 25.6 Å². The first-order chi connectivity index (χ1) is 7.79. The molecule has 1 aromatic rings. The maximum atomic E-state index is 12.8. The van der Waals surface area contributed by atoms with Crippen molar-refractivity contribution >= 4 is 0 Å². The molecular weight excluding hydrogens is 231 g/mol. The zero-order chi connectivity index (χ0) is 13.1. The van der Waals surface area contributed by atoms with Gasteiger partial charge < -0.3 is 10.4 Å². The molecule has 0 aliphatic heterocycles. The molecule has 17 heavy (non-hydrogen) atoms. The second-order valence-corrected chi connectivity index (χ2v) is 4.10. The molecule has 0 spiro atoms. The molecule has 0 bridgehead atoms. The standard InChI is InChI=1S/C12H16F3NO/c1-3-16-8-11(2,17)9-6-4-5-7-10(9)12(13,14)15/h4-7,16-17H,3,8H2,1-2H3. The summed E-state index contributed by atoms with van der Waals surface area (Å²) in [5.74, 6) is 0. The van der Waals surface area contributed by atoms with Crippen LogP contribution in [0.3, 0.4) is 0 Å². The molecule has 1 atom stereocenters. The highest BCUT2D eigenvalue weighted by Crippen LogP contribution is 2.36. The van der Waals surface area contributed by atoms with Crippen LogP contribution in [0.5, 0.6) is 0 Å². The molecule has 1 aromatic carbocycles. The molecule has 2 nitrogen and oxygen atoms in total. The van der Waals surface area contributed by atoms with Crippen LogP contribution in [0.2, 0.25) is 0 Å². The summed E-state index contributed by atoms with van der Waals surface area (Å²) in [7, 11) is 0. The minimum absolute atomic E-state index is 0.0800. The summed E-state index contributed by atoms with van der Waals surface area (Å²) in [6.45, 7) is 3.87. The van der Waals surface area contributed by atoms with E-state index in [0.717, 1.165) is 6.07 Å². The Labute approximate surface area is 98.5 Å². The van der Waals surface area contributed by atoms with Crippen LogP contribution in [0.1, 0.15) is 25.0 Å². The van der Waals surface area contributed by atoms with E-state index in [-0.39, 0.29) is 12.1 Å². The molecule has 0 saturated heterocycles. The van der Waals surface area contributed by atoms with Gasteiger partial charge in [0.25, 0.3) is 0 Å². The van der Waals surface area contributed by atoms with Gasteiger partial charge in [0, 0.05) is 6.54 Å². The van der Waals surface area contributed by atoms with Crippen molar-refractivity contribution in [1.82, 2.24) is 5.32 Å². The fraction of sp³-hybridized carbons (Fsp3) is 0.500. The number of halogens is 3. The number of aliphatic hydroxyl groups is 1. The SMILES string of the molecule is CCNCC(C)(O)c1ccccc1C(F)(F)F. The number of hydrogen-bond donors (Lipinski definition) is 2.